The van der Waals surface area contributed by atoms with Crippen LogP contribution in [0.15, 0.2) is 127 Å². The van der Waals surface area contributed by atoms with Crippen molar-refractivity contribution in [3.63, 3.8) is 0 Å². The first-order valence-electron chi connectivity index (χ1n) is 28.6. The molecule has 75 heavy (non-hydrogen) atoms. The monoisotopic (exact) mass is 987 g/mol. The fraction of sp³-hybridized carbons (Fsp3) is 0.417. The number of anilines is 6. The molecule has 2 aliphatic heterocycles. The average molecular weight is 987 g/mol. The van der Waals surface area contributed by atoms with Crippen molar-refractivity contribution in [2.24, 2.45) is 0 Å². The first-order chi connectivity index (χ1) is 34.9. The Morgan fingerprint density at radius 3 is 1.37 bits per heavy atom. The van der Waals surface area contributed by atoms with E-state index in [1.54, 1.807) is 0 Å². The fourth-order valence-electron chi connectivity index (χ4n) is 14.7. The molecule has 12 rings (SSSR count). The van der Waals surface area contributed by atoms with Gasteiger partial charge in [0.1, 0.15) is 0 Å². The van der Waals surface area contributed by atoms with Crippen molar-refractivity contribution in [1.29, 1.82) is 0 Å². The molecule has 0 spiro atoms. The molecule has 0 bridgehead atoms. The zero-order chi connectivity index (χ0) is 53.5. The van der Waals surface area contributed by atoms with Crippen molar-refractivity contribution < 1.29 is 0 Å². The third kappa shape index (κ3) is 7.38. The van der Waals surface area contributed by atoms with Crippen LogP contribution >= 0.6 is 0 Å². The second-order valence-corrected chi connectivity index (χ2v) is 29.6. The molecule has 3 heteroatoms. The SMILES string of the molecule is CC(C)(C)c1ccc(N2c3cc4c(cc3B3c5cc6c(cc5N(c5ccc7c(c5)C(C)(C)CCC7(C)C)c5cc(C(C)(C)C)cc2c53)C(C)(C)c2ccccc2C6(C)C)C(C)(C)CCC4(C)C)c(-c2ccccc2)c1. The molecule has 0 fully saturated rings. The van der Waals surface area contributed by atoms with Crippen molar-refractivity contribution in [2.45, 2.75) is 194 Å². The normalized spacial score (nSPS) is 19.7. The van der Waals surface area contributed by atoms with E-state index in [0.717, 1.165) is 12.8 Å². The minimum Gasteiger partial charge on any atom is -0.311 e. The third-order valence-corrected chi connectivity index (χ3v) is 19.9. The average Bonchev–Trinajstić information content (AvgIpc) is 3.41. The number of hydrogen-bond donors (Lipinski definition) is 0. The van der Waals surface area contributed by atoms with Crippen LogP contribution in [0.2, 0.25) is 0 Å². The third-order valence-electron chi connectivity index (χ3n) is 19.9. The van der Waals surface area contributed by atoms with Crippen LogP contribution in [-0.2, 0) is 43.3 Å². The molecular weight excluding hydrogens is 904 g/mol. The van der Waals surface area contributed by atoms with E-state index in [0.29, 0.717) is 0 Å². The Balaban J connectivity index is 1.26. The molecule has 384 valence electrons. The highest BCUT2D eigenvalue weighted by Gasteiger charge is 2.50. The van der Waals surface area contributed by atoms with Gasteiger partial charge < -0.3 is 9.80 Å². The van der Waals surface area contributed by atoms with Gasteiger partial charge in [0, 0.05) is 44.8 Å². The van der Waals surface area contributed by atoms with Gasteiger partial charge in [0.2, 0.25) is 0 Å². The summed E-state index contributed by atoms with van der Waals surface area (Å²) in [5, 5.41) is 0. The van der Waals surface area contributed by atoms with Crippen LogP contribution in [-0.4, -0.2) is 6.71 Å². The summed E-state index contributed by atoms with van der Waals surface area (Å²) >= 11 is 0. The Hall–Kier alpha value is -5.80. The second-order valence-electron chi connectivity index (χ2n) is 29.6. The Bertz CT molecular complexity index is 3530. The number of rotatable bonds is 3. The molecule has 0 radical (unpaired) electrons. The molecule has 3 aliphatic carbocycles. The number of benzene rings is 7. The Morgan fingerprint density at radius 1 is 0.360 bits per heavy atom. The van der Waals surface area contributed by atoms with Crippen LogP contribution < -0.4 is 26.2 Å². The molecule has 2 heterocycles. The molecule has 0 N–H and O–H groups in total. The summed E-state index contributed by atoms with van der Waals surface area (Å²) in [6.07, 6.45) is 4.68. The maximum Gasteiger partial charge on any atom is 0.252 e. The topological polar surface area (TPSA) is 6.48 Å². The lowest BCUT2D eigenvalue weighted by molar-refractivity contribution is 0.332. The molecule has 0 saturated carbocycles. The molecule has 0 atom stereocenters. The van der Waals surface area contributed by atoms with Crippen molar-refractivity contribution in [1.82, 2.24) is 0 Å². The number of nitrogens with zero attached hydrogens (tertiary/aromatic N) is 2. The predicted molar refractivity (Wildman–Crippen MR) is 325 cm³/mol. The first-order valence-corrected chi connectivity index (χ1v) is 28.6. The van der Waals surface area contributed by atoms with Crippen LogP contribution in [0.25, 0.3) is 11.1 Å². The lowest BCUT2D eigenvalue weighted by atomic mass is 9.32. The molecule has 5 aliphatic rings. The van der Waals surface area contributed by atoms with E-state index in [4.69, 9.17) is 0 Å². The van der Waals surface area contributed by atoms with E-state index in [1.165, 1.54) is 130 Å². The molecule has 0 unspecified atom stereocenters. The summed E-state index contributed by atoms with van der Waals surface area (Å²) < 4.78 is 0. The van der Waals surface area contributed by atoms with Crippen LogP contribution in [0.3, 0.4) is 0 Å². The summed E-state index contributed by atoms with van der Waals surface area (Å²) in [6, 6.07) is 51.6. The van der Waals surface area contributed by atoms with E-state index in [2.05, 4.69) is 262 Å². The summed E-state index contributed by atoms with van der Waals surface area (Å²) in [5.74, 6) is 0. The van der Waals surface area contributed by atoms with Crippen LogP contribution in [0.5, 0.6) is 0 Å². The van der Waals surface area contributed by atoms with Gasteiger partial charge in [-0.15, -0.1) is 0 Å². The van der Waals surface area contributed by atoms with Crippen LogP contribution in [0, 0.1) is 0 Å². The molecule has 0 saturated heterocycles. The second kappa shape index (κ2) is 15.9. The largest absolute Gasteiger partial charge is 0.311 e. The zero-order valence-electron chi connectivity index (χ0n) is 48.9. The summed E-state index contributed by atoms with van der Waals surface area (Å²) in [7, 11) is 0. The van der Waals surface area contributed by atoms with E-state index in [9.17, 15) is 0 Å². The number of hydrogen-bond acceptors (Lipinski definition) is 2. The molecular formula is C72H83BN2. The van der Waals surface area contributed by atoms with E-state index >= 15 is 0 Å². The van der Waals surface area contributed by atoms with Crippen molar-refractivity contribution in [3.05, 3.63) is 183 Å². The molecule has 2 nitrogen and oxygen atoms in total. The van der Waals surface area contributed by atoms with Gasteiger partial charge in [0.15, 0.2) is 0 Å². The minimum atomic E-state index is -0.217. The van der Waals surface area contributed by atoms with Gasteiger partial charge in [-0.05, 0) is 184 Å². The molecule has 0 amide bonds. The van der Waals surface area contributed by atoms with Crippen molar-refractivity contribution in [2.75, 3.05) is 9.80 Å². The Morgan fingerprint density at radius 2 is 0.813 bits per heavy atom. The number of fused-ring (bicyclic) bond motifs is 8. The molecule has 0 aromatic heterocycles. The highest BCUT2D eigenvalue weighted by Crippen LogP contribution is 2.56. The van der Waals surface area contributed by atoms with Gasteiger partial charge in [0.25, 0.3) is 6.71 Å². The summed E-state index contributed by atoms with van der Waals surface area (Å²) in [4.78, 5) is 5.49. The van der Waals surface area contributed by atoms with E-state index in [-0.39, 0.29) is 50.0 Å². The standard InChI is InChI=1S/C72H83BN2/c1-65(2,3)45-28-31-59(48(36-45)44-24-20-19-21-25-44)75-61-42-54-53(69(11,12)34-35-70(54,13)14)40-57(61)73-58-41-55-56(72(17,18)51-27-23-22-26-50(51)71(55,15)16)43-60(58)74(62-37-46(66(4,5)6)38-63(75)64(62)73)47-29-30-49-52(39-47)68(9,10)33-32-67(49,7)8/h19-31,36-43H,32-35H2,1-18H3. The predicted octanol–water partition coefficient (Wildman–Crippen LogP) is 17.7. The summed E-state index contributed by atoms with van der Waals surface area (Å²) in [6.45, 7) is 44.1. The van der Waals surface area contributed by atoms with Gasteiger partial charge >= 0.3 is 0 Å². The Kier molecular flexibility index (Phi) is 10.6. The molecule has 7 aromatic carbocycles. The highest BCUT2D eigenvalue weighted by molar-refractivity contribution is 7.00. The maximum atomic E-state index is 2.75. The highest BCUT2D eigenvalue weighted by atomic mass is 15.2. The maximum absolute atomic E-state index is 2.75. The van der Waals surface area contributed by atoms with Crippen LogP contribution in [0.4, 0.5) is 34.1 Å². The summed E-state index contributed by atoms with van der Waals surface area (Å²) in [5.41, 5.74) is 28.4. The van der Waals surface area contributed by atoms with Gasteiger partial charge in [-0.1, -0.05) is 203 Å². The van der Waals surface area contributed by atoms with Gasteiger partial charge in [-0.2, -0.15) is 0 Å². The van der Waals surface area contributed by atoms with Crippen molar-refractivity contribution in [3.8, 4) is 11.1 Å². The minimum absolute atomic E-state index is 0.0146. The smallest absolute Gasteiger partial charge is 0.252 e. The lowest BCUT2D eigenvalue weighted by Crippen LogP contribution is -2.62. The lowest BCUT2D eigenvalue weighted by Gasteiger charge is -2.50. The van der Waals surface area contributed by atoms with E-state index < -0.39 is 0 Å². The van der Waals surface area contributed by atoms with Gasteiger partial charge in [-0.3, -0.25) is 0 Å². The van der Waals surface area contributed by atoms with Gasteiger partial charge in [-0.25, -0.2) is 0 Å². The molecule has 7 aromatic rings. The van der Waals surface area contributed by atoms with Crippen LogP contribution in [0.1, 0.15) is 206 Å². The first kappa shape index (κ1) is 50.0. The van der Waals surface area contributed by atoms with Crippen molar-refractivity contribution >= 4 is 57.2 Å². The van der Waals surface area contributed by atoms with Gasteiger partial charge in [0.05, 0.1) is 5.69 Å². The zero-order valence-corrected chi connectivity index (χ0v) is 48.9. The fourth-order valence-corrected chi connectivity index (χ4v) is 14.7. The van der Waals surface area contributed by atoms with E-state index in [1.807, 2.05) is 0 Å². The Labute approximate surface area is 452 Å². The quantitative estimate of drug-likeness (QED) is 0.163.